The maximum absolute atomic E-state index is 13.4. The Morgan fingerprint density at radius 2 is 1.12 bits per heavy atom. The van der Waals surface area contributed by atoms with Gasteiger partial charge in [0.25, 0.3) is 0 Å². The van der Waals surface area contributed by atoms with E-state index in [9.17, 15) is 14.4 Å². The van der Waals surface area contributed by atoms with Gasteiger partial charge in [0.2, 0.25) is 5.78 Å². The highest BCUT2D eigenvalue weighted by atomic mass is 32.2. The van der Waals surface area contributed by atoms with Gasteiger partial charge in [0.1, 0.15) is 5.71 Å². The molecule has 6 heteroatoms. The summed E-state index contributed by atoms with van der Waals surface area (Å²) in [4.78, 5) is 46.0. The summed E-state index contributed by atoms with van der Waals surface area (Å²) in [5.41, 5.74) is 4.53. The second-order valence-electron chi connectivity index (χ2n) is 11.3. The number of ketones is 2. The van der Waals surface area contributed by atoms with Crippen LogP contribution in [0.5, 0.6) is 0 Å². The van der Waals surface area contributed by atoms with Crippen LogP contribution >= 0.6 is 11.8 Å². The molecule has 0 bridgehead atoms. The molecule has 49 heavy (non-hydrogen) atoms. The summed E-state index contributed by atoms with van der Waals surface area (Å²) in [6.45, 7) is 7.38. The monoisotopic (exact) mass is 667 g/mol. The predicted octanol–water partition coefficient (Wildman–Crippen LogP) is 11.3. The van der Waals surface area contributed by atoms with Crippen LogP contribution in [0.4, 0.5) is 0 Å². The van der Waals surface area contributed by atoms with Gasteiger partial charge >= 0.3 is 5.97 Å². The number of nitrogens with zero attached hydrogens (tertiary/aromatic N) is 1. The molecule has 0 radical (unpaired) electrons. The van der Waals surface area contributed by atoms with Crippen LogP contribution in [0.2, 0.25) is 0 Å². The minimum atomic E-state index is -0.597. The Morgan fingerprint density at radius 3 is 1.67 bits per heavy atom. The third kappa shape index (κ3) is 11.1. The van der Waals surface area contributed by atoms with Crippen molar-refractivity contribution in [2.45, 2.75) is 55.7 Å². The van der Waals surface area contributed by atoms with E-state index < -0.39 is 5.97 Å². The van der Waals surface area contributed by atoms with Crippen molar-refractivity contribution in [3.05, 3.63) is 168 Å². The van der Waals surface area contributed by atoms with Crippen LogP contribution in [0.25, 0.3) is 11.1 Å². The van der Waals surface area contributed by atoms with E-state index in [1.807, 2.05) is 104 Å². The van der Waals surface area contributed by atoms with Crippen molar-refractivity contribution < 1.29 is 19.2 Å². The number of carbonyl (C=O) groups excluding carboxylic acids is 3. The van der Waals surface area contributed by atoms with Crippen LogP contribution < -0.4 is 0 Å². The predicted molar refractivity (Wildman–Crippen MR) is 201 cm³/mol. The first-order valence-electron chi connectivity index (χ1n) is 16.5. The van der Waals surface area contributed by atoms with E-state index in [2.05, 4.69) is 18.7 Å². The third-order valence-corrected chi connectivity index (χ3v) is 8.52. The van der Waals surface area contributed by atoms with Crippen LogP contribution in [-0.4, -0.2) is 23.2 Å². The molecule has 5 aromatic carbocycles. The molecular weight excluding hydrogens is 627 g/mol. The zero-order chi connectivity index (χ0) is 34.8. The lowest BCUT2D eigenvalue weighted by Gasteiger charge is -2.08. The number of rotatable bonds is 14. The first-order chi connectivity index (χ1) is 23.9. The standard InChI is InChI=1S/C40H35NO4S.C3H6/c1-2-3-4-11-16-37(41-45-40(44)34-14-9-6-10-15-34)39(43)33-23-27-36(28-24-33)46-35-25-21-32(22-26-35)38(42)31-19-17-30(18-20-31)29-12-7-5-8-13-29;1-3-2/h5-10,12-15,17-28H,2-4,11,16H2,1H3;3H,1H2,2H3/b41-37-;. The van der Waals surface area contributed by atoms with Crippen molar-refractivity contribution in [1.29, 1.82) is 0 Å². The largest absolute Gasteiger partial charge is 0.365 e. The molecule has 0 unspecified atom stereocenters. The van der Waals surface area contributed by atoms with Gasteiger partial charge in [-0.1, -0.05) is 122 Å². The fourth-order valence-corrected chi connectivity index (χ4v) is 5.72. The molecule has 0 heterocycles. The zero-order valence-corrected chi connectivity index (χ0v) is 28.8. The number of benzene rings is 5. The summed E-state index contributed by atoms with van der Waals surface area (Å²) in [5.74, 6) is -0.880. The third-order valence-electron chi connectivity index (χ3n) is 7.50. The molecule has 0 aliphatic carbocycles. The molecule has 0 saturated carbocycles. The molecule has 0 aromatic heterocycles. The van der Waals surface area contributed by atoms with Crippen molar-refractivity contribution in [2.75, 3.05) is 0 Å². The summed E-state index contributed by atoms with van der Waals surface area (Å²) in [7, 11) is 0. The SMILES string of the molecule is C=CC.CCCCCC/C(=N/OC(=O)c1ccccc1)C(=O)c1ccc(Sc2ccc(C(=O)c3ccc(-c4ccccc4)cc3)cc2)cc1. The molecule has 0 saturated heterocycles. The number of oxime groups is 1. The molecular formula is C43H41NO4S. The zero-order valence-electron chi connectivity index (χ0n) is 28.0. The molecule has 0 spiro atoms. The summed E-state index contributed by atoms with van der Waals surface area (Å²) >= 11 is 1.54. The number of carbonyl (C=O) groups is 3. The van der Waals surface area contributed by atoms with Gasteiger partial charge in [0.05, 0.1) is 5.56 Å². The van der Waals surface area contributed by atoms with E-state index in [1.54, 1.807) is 54.2 Å². The highest BCUT2D eigenvalue weighted by Crippen LogP contribution is 2.29. The van der Waals surface area contributed by atoms with E-state index in [1.165, 1.54) is 0 Å². The Bertz CT molecular complexity index is 1830. The molecule has 248 valence electrons. The summed E-state index contributed by atoms with van der Waals surface area (Å²) in [6, 6.07) is 41.2. The Balaban J connectivity index is 0.00000174. The quantitative estimate of drug-likeness (QED) is 0.0294. The van der Waals surface area contributed by atoms with Crippen LogP contribution in [-0.2, 0) is 4.84 Å². The molecule has 0 amide bonds. The molecule has 5 aromatic rings. The molecule has 0 fully saturated rings. The molecule has 5 nitrogen and oxygen atoms in total. The van der Waals surface area contributed by atoms with Gasteiger partial charge in [0, 0.05) is 26.5 Å². The minimum absolute atomic E-state index is 0.0272. The number of Topliss-reactive ketones (excluding diaryl/α,β-unsaturated/α-hetero) is 1. The number of hydrogen-bond acceptors (Lipinski definition) is 6. The van der Waals surface area contributed by atoms with Crippen molar-refractivity contribution in [1.82, 2.24) is 0 Å². The lowest BCUT2D eigenvalue weighted by Crippen LogP contribution is -2.16. The minimum Gasteiger partial charge on any atom is -0.312 e. The number of allylic oxidation sites excluding steroid dienone is 1. The first kappa shape index (κ1) is 36.5. The number of hydrogen-bond donors (Lipinski definition) is 0. The van der Waals surface area contributed by atoms with Gasteiger partial charge in [-0.3, -0.25) is 9.59 Å². The second kappa shape index (κ2) is 19.5. The number of unbranched alkanes of at least 4 members (excludes halogenated alkanes) is 3. The van der Waals surface area contributed by atoms with Gasteiger partial charge in [-0.15, -0.1) is 6.58 Å². The Hall–Kier alpha value is -5.33. The van der Waals surface area contributed by atoms with Crippen molar-refractivity contribution >= 4 is 35.0 Å². The summed E-state index contributed by atoms with van der Waals surface area (Å²) in [6.07, 6.45) is 6.07. The highest BCUT2D eigenvalue weighted by Gasteiger charge is 2.17. The van der Waals surface area contributed by atoms with Crippen LogP contribution in [0.15, 0.2) is 161 Å². The Morgan fingerprint density at radius 1 is 0.633 bits per heavy atom. The van der Waals surface area contributed by atoms with Gasteiger partial charge in [-0.05, 0) is 91.6 Å². The fourth-order valence-electron chi connectivity index (χ4n) is 4.91. The lowest BCUT2D eigenvalue weighted by atomic mass is 9.99. The van der Waals surface area contributed by atoms with Gasteiger partial charge in [-0.25, -0.2) is 4.79 Å². The van der Waals surface area contributed by atoms with E-state index >= 15 is 0 Å². The maximum atomic E-state index is 13.4. The normalized spacial score (nSPS) is 10.8. The summed E-state index contributed by atoms with van der Waals surface area (Å²) in [5, 5.41) is 4.01. The van der Waals surface area contributed by atoms with Gasteiger partial charge in [0.15, 0.2) is 5.78 Å². The topological polar surface area (TPSA) is 72.8 Å². The average Bonchev–Trinajstić information content (AvgIpc) is 3.15. The van der Waals surface area contributed by atoms with Crippen LogP contribution in [0.3, 0.4) is 0 Å². The van der Waals surface area contributed by atoms with Crippen molar-refractivity contribution in [3.8, 4) is 11.1 Å². The van der Waals surface area contributed by atoms with Gasteiger partial charge < -0.3 is 4.84 Å². The van der Waals surface area contributed by atoms with Crippen molar-refractivity contribution in [3.63, 3.8) is 0 Å². The van der Waals surface area contributed by atoms with Crippen molar-refractivity contribution in [2.24, 2.45) is 5.16 Å². The molecule has 0 aliphatic rings. The highest BCUT2D eigenvalue weighted by molar-refractivity contribution is 7.99. The molecule has 5 rings (SSSR count). The fraction of sp³-hybridized carbons (Fsp3) is 0.163. The first-order valence-corrected chi connectivity index (χ1v) is 17.3. The molecule has 0 aliphatic heterocycles. The maximum Gasteiger partial charge on any atom is 0.365 e. The van der Waals surface area contributed by atoms with Crippen LogP contribution in [0.1, 0.15) is 82.6 Å². The van der Waals surface area contributed by atoms with Gasteiger partial charge in [-0.2, -0.15) is 0 Å². The molecule has 0 N–H and O–H groups in total. The van der Waals surface area contributed by atoms with E-state index in [0.29, 0.717) is 28.7 Å². The lowest BCUT2D eigenvalue weighted by molar-refractivity contribution is 0.0514. The summed E-state index contributed by atoms with van der Waals surface area (Å²) < 4.78 is 0. The van der Waals surface area contributed by atoms with Crippen LogP contribution in [0, 0.1) is 0 Å². The van der Waals surface area contributed by atoms with E-state index in [0.717, 1.165) is 46.6 Å². The average molecular weight is 668 g/mol. The van der Waals surface area contributed by atoms with E-state index in [4.69, 9.17) is 4.84 Å². The Kier molecular flexibility index (Phi) is 14.5. The second-order valence-corrected chi connectivity index (χ2v) is 12.4. The Labute approximate surface area is 293 Å². The van der Waals surface area contributed by atoms with E-state index in [-0.39, 0.29) is 17.3 Å². The smallest absolute Gasteiger partial charge is 0.312 e. The molecule has 0 atom stereocenters.